The quantitative estimate of drug-likeness (QED) is 0.598. The van der Waals surface area contributed by atoms with Gasteiger partial charge in [-0.05, 0) is 41.1 Å². The number of Topliss-reactive ketones (excluding diaryl/α,β-unsaturated/α-hetero) is 1. The molecule has 0 aliphatic carbocycles. The average molecular weight is 364 g/mol. The molecule has 2 nitrogen and oxygen atoms in total. The molecule has 1 atom stereocenters. The van der Waals surface area contributed by atoms with Crippen molar-refractivity contribution in [1.29, 1.82) is 5.26 Å². The van der Waals surface area contributed by atoms with E-state index in [0.717, 1.165) is 9.13 Å². The molecule has 4 heteroatoms. The molecule has 0 spiro atoms. The lowest BCUT2D eigenvalue weighted by atomic mass is 10.1. The van der Waals surface area contributed by atoms with Crippen molar-refractivity contribution in [3.05, 3.63) is 32.9 Å². The van der Waals surface area contributed by atoms with Gasteiger partial charge in [0, 0.05) is 3.57 Å². The highest BCUT2D eigenvalue weighted by Crippen LogP contribution is 2.29. The summed E-state index contributed by atoms with van der Waals surface area (Å²) in [5.74, 6) is 0.0398. The first-order valence-corrected chi connectivity index (χ1v) is 5.90. The molecule has 0 aromatic heterocycles. The number of nitriles is 1. The van der Waals surface area contributed by atoms with Gasteiger partial charge >= 0.3 is 0 Å². The van der Waals surface area contributed by atoms with E-state index in [-0.39, 0.29) is 10.6 Å². The Morgan fingerprint density at radius 1 is 1.64 bits per heavy atom. The highest BCUT2D eigenvalue weighted by molar-refractivity contribution is 14.1. The normalized spacial score (nSPS) is 11.9. The van der Waals surface area contributed by atoms with Crippen LogP contribution in [0.3, 0.4) is 0 Å². The third-order valence-corrected chi connectivity index (χ3v) is 4.12. The van der Waals surface area contributed by atoms with Gasteiger partial charge in [-0.3, -0.25) is 4.79 Å². The van der Waals surface area contributed by atoms with Gasteiger partial charge in [0.25, 0.3) is 0 Å². The molecule has 1 aromatic rings. The zero-order valence-corrected chi connectivity index (χ0v) is 11.2. The molecule has 0 aliphatic heterocycles. The van der Waals surface area contributed by atoms with E-state index in [1.54, 1.807) is 12.1 Å². The van der Waals surface area contributed by atoms with Gasteiger partial charge in [0.1, 0.15) is 11.9 Å². The number of halogens is 2. The highest BCUT2D eigenvalue weighted by Gasteiger charge is 2.16. The first kappa shape index (κ1) is 11.7. The Kier molecular flexibility index (Phi) is 4.08. The summed E-state index contributed by atoms with van der Waals surface area (Å²) in [6, 6.07) is 7.47. The predicted molar refractivity (Wildman–Crippen MR) is 66.2 cm³/mol. The van der Waals surface area contributed by atoms with E-state index in [2.05, 4.69) is 44.6 Å². The molecular weight excluding hydrogens is 357 g/mol. The largest absolute Gasteiger partial charge is 0.298 e. The molecule has 0 heterocycles. The molecule has 0 fully saturated rings. The van der Waals surface area contributed by atoms with Crippen LogP contribution < -0.4 is 0 Å². The monoisotopic (exact) mass is 363 g/mol. The first-order valence-electron chi connectivity index (χ1n) is 3.91. The number of benzene rings is 1. The summed E-state index contributed by atoms with van der Waals surface area (Å²) in [4.78, 5) is 10.8. The maximum atomic E-state index is 11.2. The van der Waals surface area contributed by atoms with Gasteiger partial charge in [0.2, 0.25) is 0 Å². The Balaban J connectivity index is 3.24. The van der Waals surface area contributed by atoms with Crippen LogP contribution in [0.5, 0.6) is 0 Å². The van der Waals surface area contributed by atoms with Crippen molar-refractivity contribution in [2.24, 2.45) is 0 Å². The Labute approximate surface area is 105 Å². The molecule has 14 heavy (non-hydrogen) atoms. The second kappa shape index (κ2) is 4.89. The molecule has 0 radical (unpaired) electrons. The van der Waals surface area contributed by atoms with E-state index in [4.69, 9.17) is 5.26 Å². The predicted octanol–water partition coefficient (Wildman–Crippen LogP) is 3.19. The van der Waals surface area contributed by atoms with E-state index < -0.39 is 0 Å². The number of carbonyl (C=O) groups excluding carboxylic acids is 1. The minimum absolute atomic E-state index is 0.0398. The van der Waals surface area contributed by atoms with Crippen molar-refractivity contribution in [3.63, 3.8) is 0 Å². The lowest BCUT2D eigenvalue weighted by Crippen LogP contribution is -2.04. The number of hydrogen-bond acceptors (Lipinski definition) is 2. The number of carbonyl (C=O) groups is 1. The van der Waals surface area contributed by atoms with Gasteiger partial charge in [0.15, 0.2) is 0 Å². The third kappa shape index (κ3) is 2.34. The Bertz CT molecular complexity index is 411. The van der Waals surface area contributed by atoms with Crippen LogP contribution in [-0.4, -0.2) is 5.78 Å². The van der Waals surface area contributed by atoms with Crippen molar-refractivity contribution in [2.45, 2.75) is 11.8 Å². The topological polar surface area (TPSA) is 40.9 Å². The second-order valence-electron chi connectivity index (χ2n) is 2.79. The maximum absolute atomic E-state index is 11.2. The van der Waals surface area contributed by atoms with Crippen molar-refractivity contribution in [1.82, 2.24) is 0 Å². The number of nitrogens with zero attached hydrogens (tertiary/aromatic N) is 1. The summed E-state index contributed by atoms with van der Waals surface area (Å²) >= 11 is 5.39. The fraction of sp³-hybridized carbons (Fsp3) is 0.200. The van der Waals surface area contributed by atoms with E-state index in [1.165, 1.54) is 6.92 Å². The summed E-state index contributed by atoms with van der Waals surface area (Å²) in [7, 11) is 0. The molecule has 0 aliphatic rings. The van der Waals surface area contributed by atoms with Gasteiger partial charge in [0.05, 0.1) is 10.4 Å². The summed E-state index contributed by atoms with van der Waals surface area (Å²) in [6.45, 7) is 1.52. The maximum Gasteiger partial charge on any atom is 0.147 e. The molecule has 1 rings (SSSR count). The van der Waals surface area contributed by atoms with Crippen molar-refractivity contribution < 1.29 is 4.79 Å². The Morgan fingerprint density at radius 2 is 2.29 bits per heavy atom. The molecule has 0 amide bonds. The zero-order chi connectivity index (χ0) is 10.7. The summed E-state index contributed by atoms with van der Waals surface area (Å²) in [5.41, 5.74) is 1.46. The number of hydrogen-bond donors (Lipinski definition) is 0. The van der Waals surface area contributed by atoms with E-state index in [0.29, 0.717) is 5.56 Å². The van der Waals surface area contributed by atoms with Crippen LogP contribution in [0.15, 0.2) is 18.2 Å². The van der Waals surface area contributed by atoms with Crippen LogP contribution in [-0.2, 0) is 4.79 Å². The van der Waals surface area contributed by atoms with Crippen LogP contribution in [0.4, 0.5) is 0 Å². The summed E-state index contributed by atoms with van der Waals surface area (Å²) in [6.07, 6.45) is 0. The molecule has 0 bridgehead atoms. The molecule has 1 aromatic carbocycles. The third-order valence-electron chi connectivity index (χ3n) is 1.78. The molecule has 0 saturated heterocycles. The standard InChI is InChI=1S/C10H7BrINO/c1-6(14)9(11)8-4-2-3-7(5-13)10(8)12/h2-4,9H,1H3. The van der Waals surface area contributed by atoms with Crippen molar-refractivity contribution in [3.8, 4) is 6.07 Å². The summed E-state index contributed by atoms with van der Waals surface area (Å²) < 4.78 is 0.838. The van der Waals surface area contributed by atoms with Gasteiger partial charge in [-0.25, -0.2) is 0 Å². The van der Waals surface area contributed by atoms with Crippen molar-refractivity contribution >= 4 is 44.3 Å². The van der Waals surface area contributed by atoms with Crippen LogP contribution in [0.1, 0.15) is 22.9 Å². The first-order chi connectivity index (χ1) is 6.57. The van der Waals surface area contributed by atoms with Gasteiger partial charge in [-0.15, -0.1) is 0 Å². The smallest absolute Gasteiger partial charge is 0.147 e. The second-order valence-corrected chi connectivity index (χ2v) is 4.79. The zero-order valence-electron chi connectivity index (χ0n) is 7.42. The fourth-order valence-electron chi connectivity index (χ4n) is 1.05. The van der Waals surface area contributed by atoms with Gasteiger partial charge in [-0.2, -0.15) is 5.26 Å². The lowest BCUT2D eigenvalue weighted by molar-refractivity contribution is -0.116. The molecule has 1 unspecified atom stereocenters. The average Bonchev–Trinajstić information content (AvgIpc) is 2.17. The molecule has 72 valence electrons. The van der Waals surface area contributed by atoms with Crippen LogP contribution in [0.2, 0.25) is 0 Å². The van der Waals surface area contributed by atoms with Gasteiger partial charge < -0.3 is 0 Å². The van der Waals surface area contributed by atoms with Crippen LogP contribution >= 0.6 is 38.5 Å². The Morgan fingerprint density at radius 3 is 2.79 bits per heavy atom. The number of rotatable bonds is 2. The minimum Gasteiger partial charge on any atom is -0.298 e. The highest BCUT2D eigenvalue weighted by atomic mass is 127. The lowest BCUT2D eigenvalue weighted by Gasteiger charge is -2.09. The number of alkyl halides is 1. The van der Waals surface area contributed by atoms with Gasteiger partial charge in [-0.1, -0.05) is 28.1 Å². The minimum atomic E-state index is -0.317. The van der Waals surface area contributed by atoms with E-state index in [1.807, 2.05) is 6.07 Å². The fourth-order valence-corrected chi connectivity index (χ4v) is 2.65. The van der Waals surface area contributed by atoms with Crippen LogP contribution in [0, 0.1) is 14.9 Å². The molecular formula is C10H7BrINO. The number of ketones is 1. The Hall–Kier alpha value is -0.410. The summed E-state index contributed by atoms with van der Waals surface area (Å²) in [5, 5.41) is 8.81. The van der Waals surface area contributed by atoms with Crippen LogP contribution in [0.25, 0.3) is 0 Å². The molecule has 0 saturated carbocycles. The van der Waals surface area contributed by atoms with E-state index >= 15 is 0 Å². The van der Waals surface area contributed by atoms with Crippen molar-refractivity contribution in [2.75, 3.05) is 0 Å². The SMILES string of the molecule is CC(=O)C(Br)c1cccc(C#N)c1I. The molecule has 0 N–H and O–H groups in total. The van der Waals surface area contributed by atoms with E-state index in [9.17, 15) is 4.79 Å².